The number of ether oxygens (including phenoxy) is 2. The van der Waals surface area contributed by atoms with Crippen LogP contribution in [0.1, 0.15) is 86.0 Å². The monoisotopic (exact) mass is 366 g/mol. The molecule has 2 aliphatic carbocycles. The van der Waals surface area contributed by atoms with Gasteiger partial charge >= 0.3 is 0 Å². The van der Waals surface area contributed by atoms with Gasteiger partial charge in [0.05, 0.1) is 12.2 Å². The van der Waals surface area contributed by atoms with Crippen molar-refractivity contribution in [2.45, 2.75) is 91.6 Å². The van der Waals surface area contributed by atoms with Gasteiger partial charge in [-0.2, -0.15) is 0 Å². The number of fused-ring (bicyclic) bond motifs is 1. The van der Waals surface area contributed by atoms with Crippen molar-refractivity contribution in [2.24, 2.45) is 23.2 Å². The second kappa shape index (κ2) is 9.71. The van der Waals surface area contributed by atoms with Crippen molar-refractivity contribution >= 4 is 0 Å². The summed E-state index contributed by atoms with van der Waals surface area (Å²) in [5.74, 6) is 2.30. The maximum absolute atomic E-state index is 9.37. The van der Waals surface area contributed by atoms with Crippen LogP contribution in [0.3, 0.4) is 0 Å². The summed E-state index contributed by atoms with van der Waals surface area (Å²) in [6, 6.07) is 0. The highest BCUT2D eigenvalue weighted by Crippen LogP contribution is 2.59. The van der Waals surface area contributed by atoms with Crippen molar-refractivity contribution in [3.05, 3.63) is 11.6 Å². The fourth-order valence-corrected chi connectivity index (χ4v) is 5.78. The Bertz CT molecular complexity index is 456. The summed E-state index contributed by atoms with van der Waals surface area (Å²) >= 11 is 0. The van der Waals surface area contributed by atoms with Gasteiger partial charge < -0.3 is 14.6 Å². The molecule has 0 heterocycles. The Labute approximate surface area is 161 Å². The first-order valence-corrected chi connectivity index (χ1v) is 10.9. The first kappa shape index (κ1) is 21.9. The summed E-state index contributed by atoms with van der Waals surface area (Å²) in [4.78, 5) is 0. The lowest BCUT2D eigenvalue weighted by molar-refractivity contribution is -0.128. The van der Waals surface area contributed by atoms with Crippen LogP contribution in [0, 0.1) is 23.2 Å². The van der Waals surface area contributed by atoms with Crippen molar-refractivity contribution < 1.29 is 14.6 Å². The van der Waals surface area contributed by atoms with E-state index in [0.29, 0.717) is 24.7 Å². The highest BCUT2D eigenvalue weighted by molar-refractivity contribution is 5.18. The highest BCUT2D eigenvalue weighted by atomic mass is 16.7. The zero-order valence-corrected chi connectivity index (χ0v) is 17.9. The molecule has 3 heteroatoms. The number of hydrogen-bond donors (Lipinski definition) is 1. The Morgan fingerprint density at radius 1 is 1.35 bits per heavy atom. The van der Waals surface area contributed by atoms with Gasteiger partial charge in [0.1, 0.15) is 6.79 Å². The maximum atomic E-state index is 9.37. The Morgan fingerprint density at radius 3 is 2.81 bits per heavy atom. The zero-order valence-electron chi connectivity index (χ0n) is 17.9. The lowest BCUT2D eigenvalue weighted by atomic mass is 9.60. The molecular formula is C23H42O3. The third kappa shape index (κ3) is 5.33. The molecule has 2 fully saturated rings. The SMILES string of the molecule is CCOCOC(C)(C)CCC[C@@H](C)[C@H]1CC[C@H]2/C(=C/CO)CCC[C@]12C. The zero-order chi connectivity index (χ0) is 19.2. The molecule has 26 heavy (non-hydrogen) atoms. The van der Waals surface area contributed by atoms with Gasteiger partial charge in [0.25, 0.3) is 0 Å². The van der Waals surface area contributed by atoms with Crippen molar-refractivity contribution in [3.8, 4) is 0 Å². The summed E-state index contributed by atoms with van der Waals surface area (Å²) in [6.45, 7) is 12.7. The molecule has 2 saturated carbocycles. The number of rotatable bonds is 10. The van der Waals surface area contributed by atoms with Crippen molar-refractivity contribution in [2.75, 3.05) is 20.0 Å². The molecule has 0 aromatic rings. The number of aliphatic hydroxyl groups excluding tert-OH is 1. The smallest absolute Gasteiger partial charge is 0.147 e. The summed E-state index contributed by atoms with van der Waals surface area (Å²) < 4.78 is 11.2. The van der Waals surface area contributed by atoms with Crippen LogP contribution in [-0.2, 0) is 9.47 Å². The summed E-state index contributed by atoms with van der Waals surface area (Å²) in [6.07, 6.45) is 12.2. The van der Waals surface area contributed by atoms with Crippen LogP contribution in [0.4, 0.5) is 0 Å². The topological polar surface area (TPSA) is 38.7 Å². The van der Waals surface area contributed by atoms with E-state index >= 15 is 0 Å². The summed E-state index contributed by atoms with van der Waals surface area (Å²) in [5.41, 5.74) is 1.89. The van der Waals surface area contributed by atoms with Crippen LogP contribution in [0.5, 0.6) is 0 Å². The first-order chi connectivity index (χ1) is 12.3. The normalized spacial score (nSPS) is 32.0. The third-order valence-electron chi connectivity index (χ3n) is 7.25. The molecule has 0 spiro atoms. The molecule has 0 radical (unpaired) electrons. The van der Waals surface area contributed by atoms with Gasteiger partial charge in [0, 0.05) is 6.61 Å². The van der Waals surface area contributed by atoms with Crippen molar-refractivity contribution in [3.63, 3.8) is 0 Å². The molecule has 0 saturated heterocycles. The summed E-state index contributed by atoms with van der Waals surface area (Å²) in [5, 5.41) is 9.37. The fourth-order valence-electron chi connectivity index (χ4n) is 5.78. The lowest BCUT2D eigenvalue weighted by Gasteiger charge is -2.44. The Balaban J connectivity index is 1.86. The molecule has 0 unspecified atom stereocenters. The predicted octanol–water partition coefficient (Wildman–Crippen LogP) is 5.72. The molecule has 0 aromatic carbocycles. The molecule has 4 atom stereocenters. The van der Waals surface area contributed by atoms with E-state index in [1.54, 1.807) is 5.57 Å². The van der Waals surface area contributed by atoms with E-state index in [9.17, 15) is 5.11 Å². The van der Waals surface area contributed by atoms with E-state index < -0.39 is 0 Å². The molecule has 1 N–H and O–H groups in total. The average molecular weight is 367 g/mol. The van der Waals surface area contributed by atoms with E-state index in [1.165, 1.54) is 44.9 Å². The maximum Gasteiger partial charge on any atom is 0.147 e. The number of aliphatic hydroxyl groups is 1. The van der Waals surface area contributed by atoms with Gasteiger partial charge in [-0.25, -0.2) is 0 Å². The van der Waals surface area contributed by atoms with Gasteiger partial charge in [-0.15, -0.1) is 0 Å². The molecule has 2 rings (SSSR count). The fraction of sp³-hybridized carbons (Fsp3) is 0.913. The van der Waals surface area contributed by atoms with Crippen LogP contribution in [0.15, 0.2) is 11.6 Å². The van der Waals surface area contributed by atoms with Crippen LogP contribution in [0.25, 0.3) is 0 Å². The van der Waals surface area contributed by atoms with E-state index in [4.69, 9.17) is 9.47 Å². The molecular weight excluding hydrogens is 324 g/mol. The minimum absolute atomic E-state index is 0.0983. The Hall–Kier alpha value is -0.380. The molecule has 0 bridgehead atoms. The number of allylic oxidation sites excluding steroid dienone is 1. The van der Waals surface area contributed by atoms with Crippen molar-refractivity contribution in [1.29, 1.82) is 0 Å². The van der Waals surface area contributed by atoms with E-state index in [-0.39, 0.29) is 12.2 Å². The minimum Gasteiger partial charge on any atom is -0.392 e. The van der Waals surface area contributed by atoms with Crippen LogP contribution in [-0.4, -0.2) is 30.7 Å². The second-order valence-electron chi connectivity index (χ2n) is 9.44. The van der Waals surface area contributed by atoms with Gasteiger partial charge in [-0.05, 0) is 82.5 Å². The lowest BCUT2D eigenvalue weighted by Crippen LogP contribution is -2.36. The molecule has 0 aliphatic heterocycles. The largest absolute Gasteiger partial charge is 0.392 e. The van der Waals surface area contributed by atoms with Gasteiger partial charge in [0.15, 0.2) is 0 Å². The van der Waals surface area contributed by atoms with Crippen LogP contribution >= 0.6 is 0 Å². The summed E-state index contributed by atoms with van der Waals surface area (Å²) in [7, 11) is 0. The molecule has 2 aliphatic rings. The van der Waals surface area contributed by atoms with E-state index in [2.05, 4.69) is 33.8 Å². The Morgan fingerprint density at radius 2 is 2.12 bits per heavy atom. The third-order valence-corrected chi connectivity index (χ3v) is 7.25. The van der Waals surface area contributed by atoms with E-state index in [0.717, 1.165) is 18.3 Å². The Kier molecular flexibility index (Phi) is 8.18. The standard InChI is InChI=1S/C23H42O3/c1-6-25-17-26-22(3,4)14-7-9-18(2)20-11-12-21-19(13-16-24)10-8-15-23(20,21)5/h13,18,20-21,24H,6-12,14-17H2,1-5H3/b19-13+/t18-,20-,21+,23-/m1/s1. The quantitative estimate of drug-likeness (QED) is 0.305. The van der Waals surface area contributed by atoms with Crippen LogP contribution in [0.2, 0.25) is 0 Å². The van der Waals surface area contributed by atoms with Crippen LogP contribution < -0.4 is 0 Å². The van der Waals surface area contributed by atoms with Gasteiger partial charge in [-0.3, -0.25) is 0 Å². The van der Waals surface area contributed by atoms with Gasteiger partial charge in [0.2, 0.25) is 0 Å². The minimum atomic E-state index is -0.0983. The van der Waals surface area contributed by atoms with E-state index in [1.807, 2.05) is 6.92 Å². The molecule has 0 aromatic heterocycles. The predicted molar refractivity (Wildman–Crippen MR) is 108 cm³/mol. The highest BCUT2D eigenvalue weighted by Gasteiger charge is 2.50. The average Bonchev–Trinajstić information content (AvgIpc) is 2.93. The molecule has 152 valence electrons. The second-order valence-corrected chi connectivity index (χ2v) is 9.44. The molecule has 0 amide bonds. The van der Waals surface area contributed by atoms with Gasteiger partial charge in [-0.1, -0.05) is 38.3 Å². The molecule has 3 nitrogen and oxygen atoms in total. The number of hydrogen-bond acceptors (Lipinski definition) is 3. The van der Waals surface area contributed by atoms with Crippen molar-refractivity contribution in [1.82, 2.24) is 0 Å². The first-order valence-electron chi connectivity index (χ1n) is 10.9.